The molecule has 8 heteroatoms. The summed E-state index contributed by atoms with van der Waals surface area (Å²) in [6.45, 7) is 7.19. The van der Waals surface area contributed by atoms with E-state index in [1.54, 1.807) is 23.7 Å². The minimum absolute atomic E-state index is 0.174. The zero-order valence-corrected chi connectivity index (χ0v) is 12.8. The highest BCUT2D eigenvalue weighted by molar-refractivity contribution is 5.88. The Morgan fingerprint density at radius 1 is 1.36 bits per heavy atom. The third-order valence-electron chi connectivity index (χ3n) is 3.00. The molecule has 0 atom stereocenters. The van der Waals surface area contributed by atoms with Crippen LogP contribution in [0.2, 0.25) is 0 Å². The molecule has 8 nitrogen and oxygen atoms in total. The van der Waals surface area contributed by atoms with E-state index in [4.69, 9.17) is 4.42 Å². The molecule has 3 aromatic rings. The van der Waals surface area contributed by atoms with Gasteiger partial charge in [0.15, 0.2) is 23.1 Å². The Labute approximate surface area is 126 Å². The maximum absolute atomic E-state index is 11.3. The van der Waals surface area contributed by atoms with Crippen LogP contribution in [0.3, 0.4) is 0 Å². The molecule has 1 amide bonds. The summed E-state index contributed by atoms with van der Waals surface area (Å²) in [7, 11) is 0. The number of carbonyl (C=O) groups is 1. The molecule has 22 heavy (non-hydrogen) atoms. The Morgan fingerprint density at radius 3 is 2.73 bits per heavy atom. The molecule has 1 N–H and O–H groups in total. The van der Waals surface area contributed by atoms with Crippen molar-refractivity contribution in [2.75, 3.05) is 5.32 Å². The maximum atomic E-state index is 11.3. The zero-order chi connectivity index (χ0) is 15.9. The van der Waals surface area contributed by atoms with Crippen LogP contribution in [0.15, 0.2) is 16.7 Å². The molecule has 3 rings (SSSR count). The standard InChI is InChI=1S/C14H16N6O2/c1-7(2)13-18-12-5-11(16-8(3)21)17-14(20(12)19-13)10-6-15-9(4)22-10/h5-7H,1-4H3,(H,16,21). The minimum Gasteiger partial charge on any atom is -0.438 e. The van der Waals surface area contributed by atoms with Crippen LogP contribution in [0.1, 0.15) is 38.4 Å². The van der Waals surface area contributed by atoms with Crippen LogP contribution in [0.25, 0.3) is 17.2 Å². The van der Waals surface area contributed by atoms with Gasteiger partial charge < -0.3 is 9.73 Å². The summed E-state index contributed by atoms with van der Waals surface area (Å²) in [6.07, 6.45) is 1.57. The summed E-state index contributed by atoms with van der Waals surface area (Å²) >= 11 is 0. The first-order valence-corrected chi connectivity index (χ1v) is 6.92. The van der Waals surface area contributed by atoms with Crippen molar-refractivity contribution < 1.29 is 9.21 Å². The number of anilines is 1. The third-order valence-corrected chi connectivity index (χ3v) is 3.00. The fourth-order valence-corrected chi connectivity index (χ4v) is 2.02. The summed E-state index contributed by atoms with van der Waals surface area (Å²) in [5.41, 5.74) is 0.589. The van der Waals surface area contributed by atoms with Crippen molar-refractivity contribution in [3.63, 3.8) is 0 Å². The van der Waals surface area contributed by atoms with E-state index >= 15 is 0 Å². The van der Waals surface area contributed by atoms with Gasteiger partial charge >= 0.3 is 0 Å². The van der Waals surface area contributed by atoms with Crippen molar-refractivity contribution >= 4 is 17.4 Å². The number of aromatic nitrogens is 5. The van der Waals surface area contributed by atoms with Gasteiger partial charge in [-0.25, -0.2) is 15.0 Å². The van der Waals surface area contributed by atoms with Crippen molar-refractivity contribution in [3.8, 4) is 11.6 Å². The Balaban J connectivity index is 2.23. The quantitative estimate of drug-likeness (QED) is 0.796. The van der Waals surface area contributed by atoms with Gasteiger partial charge in [-0.1, -0.05) is 13.8 Å². The van der Waals surface area contributed by atoms with E-state index in [1.165, 1.54) is 6.92 Å². The molecule has 0 fully saturated rings. The fourth-order valence-electron chi connectivity index (χ4n) is 2.02. The summed E-state index contributed by atoms with van der Waals surface area (Å²) in [5, 5.41) is 7.12. The van der Waals surface area contributed by atoms with Gasteiger partial charge in [0.2, 0.25) is 11.7 Å². The number of fused-ring (bicyclic) bond motifs is 1. The Morgan fingerprint density at radius 2 is 2.14 bits per heavy atom. The van der Waals surface area contributed by atoms with E-state index in [2.05, 4.69) is 25.4 Å². The molecule has 0 saturated carbocycles. The van der Waals surface area contributed by atoms with E-state index in [-0.39, 0.29) is 11.8 Å². The molecule has 0 spiro atoms. The molecule has 114 valence electrons. The predicted molar refractivity (Wildman–Crippen MR) is 79.4 cm³/mol. The normalized spacial score (nSPS) is 11.3. The van der Waals surface area contributed by atoms with Crippen molar-refractivity contribution in [2.45, 2.75) is 33.6 Å². The van der Waals surface area contributed by atoms with Gasteiger partial charge in [-0.2, -0.15) is 4.52 Å². The average Bonchev–Trinajstić information content (AvgIpc) is 3.03. The zero-order valence-electron chi connectivity index (χ0n) is 12.8. The molecule has 3 aromatic heterocycles. The minimum atomic E-state index is -0.208. The second kappa shape index (κ2) is 5.21. The number of aryl methyl sites for hydroxylation is 1. The van der Waals surface area contributed by atoms with Crippen LogP contribution >= 0.6 is 0 Å². The van der Waals surface area contributed by atoms with Crippen LogP contribution in [-0.2, 0) is 4.79 Å². The summed E-state index contributed by atoms with van der Waals surface area (Å²) in [4.78, 5) is 24.2. The second-order valence-electron chi connectivity index (χ2n) is 5.28. The van der Waals surface area contributed by atoms with Gasteiger partial charge in [0.25, 0.3) is 0 Å². The van der Waals surface area contributed by atoms with Gasteiger partial charge in [0, 0.05) is 25.8 Å². The van der Waals surface area contributed by atoms with E-state index in [0.717, 1.165) is 0 Å². The van der Waals surface area contributed by atoms with Gasteiger partial charge in [-0.15, -0.1) is 5.10 Å². The average molecular weight is 300 g/mol. The first-order valence-electron chi connectivity index (χ1n) is 6.92. The molecular formula is C14H16N6O2. The monoisotopic (exact) mass is 300 g/mol. The smallest absolute Gasteiger partial charge is 0.222 e. The van der Waals surface area contributed by atoms with E-state index in [9.17, 15) is 4.79 Å². The van der Waals surface area contributed by atoms with E-state index < -0.39 is 0 Å². The highest BCUT2D eigenvalue weighted by Gasteiger charge is 2.17. The number of amides is 1. The van der Waals surface area contributed by atoms with Gasteiger partial charge in [0.05, 0.1) is 6.20 Å². The fraction of sp³-hybridized carbons (Fsp3) is 0.357. The maximum Gasteiger partial charge on any atom is 0.222 e. The van der Waals surface area contributed by atoms with Gasteiger partial charge in [-0.05, 0) is 0 Å². The Kier molecular flexibility index (Phi) is 3.36. The molecule has 0 radical (unpaired) electrons. The van der Waals surface area contributed by atoms with Gasteiger partial charge in [-0.3, -0.25) is 4.79 Å². The summed E-state index contributed by atoms with van der Waals surface area (Å²) < 4.78 is 7.13. The lowest BCUT2D eigenvalue weighted by molar-refractivity contribution is -0.114. The van der Waals surface area contributed by atoms with Crippen LogP contribution < -0.4 is 5.32 Å². The molecule has 3 heterocycles. The van der Waals surface area contributed by atoms with E-state index in [0.29, 0.717) is 34.8 Å². The molecule has 0 bridgehead atoms. The molecule has 0 aliphatic rings. The Bertz CT molecular complexity index is 848. The number of carbonyl (C=O) groups excluding carboxylic acids is 1. The third kappa shape index (κ3) is 2.54. The van der Waals surface area contributed by atoms with Crippen molar-refractivity contribution in [1.82, 2.24) is 24.6 Å². The first kappa shape index (κ1) is 14.2. The number of oxazole rings is 1. The van der Waals surface area contributed by atoms with Crippen LogP contribution in [-0.4, -0.2) is 30.5 Å². The molecule has 0 unspecified atom stereocenters. The predicted octanol–water partition coefficient (Wildman–Crippen LogP) is 2.17. The van der Waals surface area contributed by atoms with Crippen LogP contribution in [0, 0.1) is 6.92 Å². The molecular weight excluding hydrogens is 284 g/mol. The highest BCUT2D eigenvalue weighted by atomic mass is 16.4. The first-order chi connectivity index (χ1) is 10.4. The molecule has 0 aliphatic carbocycles. The number of hydrogen-bond acceptors (Lipinski definition) is 6. The SMILES string of the molecule is CC(=O)Nc1cc2nc(C(C)C)nn2c(-c2cnc(C)o2)n1. The van der Waals surface area contributed by atoms with Crippen molar-refractivity contribution in [2.24, 2.45) is 0 Å². The highest BCUT2D eigenvalue weighted by Crippen LogP contribution is 2.23. The molecule has 0 aromatic carbocycles. The summed E-state index contributed by atoms with van der Waals surface area (Å²) in [6, 6.07) is 1.67. The number of hydrogen-bond donors (Lipinski definition) is 1. The lowest BCUT2D eigenvalue weighted by Gasteiger charge is -2.04. The van der Waals surface area contributed by atoms with Crippen molar-refractivity contribution in [1.29, 1.82) is 0 Å². The lowest BCUT2D eigenvalue weighted by atomic mass is 10.2. The van der Waals surface area contributed by atoms with Gasteiger partial charge in [0.1, 0.15) is 5.82 Å². The van der Waals surface area contributed by atoms with E-state index in [1.807, 2.05) is 13.8 Å². The number of rotatable bonds is 3. The molecule has 0 aliphatic heterocycles. The largest absolute Gasteiger partial charge is 0.438 e. The second-order valence-corrected chi connectivity index (χ2v) is 5.28. The van der Waals surface area contributed by atoms with Crippen LogP contribution in [0.4, 0.5) is 5.82 Å². The number of nitrogens with zero attached hydrogens (tertiary/aromatic N) is 5. The topological polar surface area (TPSA) is 98.2 Å². The Hall–Kier alpha value is -2.77. The number of nitrogens with one attached hydrogen (secondary N) is 1. The van der Waals surface area contributed by atoms with Crippen LogP contribution in [0.5, 0.6) is 0 Å². The summed E-state index contributed by atoms with van der Waals surface area (Å²) in [5.74, 6) is 2.50. The van der Waals surface area contributed by atoms with Crippen molar-refractivity contribution in [3.05, 3.63) is 24.0 Å². The lowest BCUT2D eigenvalue weighted by Crippen LogP contribution is -2.09. The molecule has 0 saturated heterocycles.